The molecule has 25 heavy (non-hydrogen) atoms. The molecule has 0 bridgehead atoms. The van der Waals surface area contributed by atoms with Crippen molar-refractivity contribution in [2.24, 2.45) is 10.2 Å². The molecule has 1 aliphatic carbocycles. The third-order valence-electron chi connectivity index (χ3n) is 4.17. The molecule has 0 amide bonds. The highest BCUT2D eigenvalue weighted by Gasteiger charge is 2.23. The van der Waals surface area contributed by atoms with Crippen molar-refractivity contribution in [1.82, 2.24) is 0 Å². The second kappa shape index (κ2) is 6.17. The molecule has 3 aromatic carbocycles. The molecule has 1 aliphatic rings. The van der Waals surface area contributed by atoms with E-state index in [1.807, 2.05) is 36.4 Å². The number of hydrogen-bond donors (Lipinski definition) is 0. The van der Waals surface area contributed by atoms with Crippen LogP contribution in [0.1, 0.15) is 27.0 Å². The van der Waals surface area contributed by atoms with Crippen molar-refractivity contribution < 1.29 is 9.90 Å². The van der Waals surface area contributed by atoms with E-state index >= 15 is 0 Å². The summed E-state index contributed by atoms with van der Waals surface area (Å²) < 4.78 is 0. The maximum absolute atomic E-state index is 10.8. The van der Waals surface area contributed by atoms with E-state index < -0.39 is 5.97 Å². The van der Waals surface area contributed by atoms with Gasteiger partial charge in [-0.2, -0.15) is 5.10 Å². The Morgan fingerprint density at radius 1 is 0.760 bits per heavy atom. The summed E-state index contributed by atoms with van der Waals surface area (Å²) in [6, 6.07) is 22.6. The topological polar surface area (TPSA) is 64.8 Å². The molecular weight excluding hydrogens is 312 g/mol. The van der Waals surface area contributed by atoms with Gasteiger partial charge in [-0.3, -0.25) is 0 Å². The average molecular weight is 325 g/mol. The normalized spacial score (nSPS) is 12.1. The highest BCUT2D eigenvalue weighted by Crippen LogP contribution is 2.36. The summed E-state index contributed by atoms with van der Waals surface area (Å²) in [6.45, 7) is 0. The first-order valence-corrected chi connectivity index (χ1v) is 7.85. The SMILES string of the molecule is O=C([O-])c1ccc(/C=N\N=C2c3ccccc3-c3ccccc32)cc1. The Morgan fingerprint density at radius 3 is 1.80 bits per heavy atom. The van der Waals surface area contributed by atoms with Gasteiger partial charge in [0.15, 0.2) is 0 Å². The van der Waals surface area contributed by atoms with E-state index in [0.717, 1.165) is 33.5 Å². The molecule has 0 fully saturated rings. The fourth-order valence-corrected chi connectivity index (χ4v) is 2.96. The molecule has 0 radical (unpaired) electrons. The summed E-state index contributed by atoms with van der Waals surface area (Å²) in [5.74, 6) is -1.19. The van der Waals surface area contributed by atoms with E-state index in [0.29, 0.717) is 0 Å². The van der Waals surface area contributed by atoms with Crippen LogP contribution in [0.15, 0.2) is 83.0 Å². The average Bonchev–Trinajstić information content (AvgIpc) is 2.97. The molecule has 0 N–H and O–H groups in total. The lowest BCUT2D eigenvalue weighted by Crippen LogP contribution is -2.21. The summed E-state index contributed by atoms with van der Waals surface area (Å²) in [5, 5.41) is 19.4. The fourth-order valence-electron chi connectivity index (χ4n) is 2.96. The molecule has 0 spiro atoms. The minimum atomic E-state index is -1.19. The van der Waals surface area contributed by atoms with Crippen LogP contribution < -0.4 is 5.11 Å². The van der Waals surface area contributed by atoms with Crippen molar-refractivity contribution in [1.29, 1.82) is 0 Å². The first-order valence-electron chi connectivity index (χ1n) is 7.85. The summed E-state index contributed by atoms with van der Waals surface area (Å²) >= 11 is 0. The monoisotopic (exact) mass is 325 g/mol. The Balaban J connectivity index is 1.68. The Morgan fingerprint density at radius 2 is 1.28 bits per heavy atom. The van der Waals surface area contributed by atoms with Gasteiger partial charge in [0.05, 0.1) is 12.2 Å². The van der Waals surface area contributed by atoms with Gasteiger partial charge in [-0.05, 0) is 22.3 Å². The van der Waals surface area contributed by atoms with E-state index in [9.17, 15) is 9.90 Å². The summed E-state index contributed by atoms with van der Waals surface area (Å²) in [6.07, 6.45) is 1.61. The predicted octanol–water partition coefficient (Wildman–Crippen LogP) is 2.90. The molecule has 0 heterocycles. The number of carboxylic acid groups (broad SMARTS) is 1. The first-order chi connectivity index (χ1) is 12.2. The molecule has 4 rings (SSSR count). The largest absolute Gasteiger partial charge is 0.545 e. The molecule has 0 aliphatic heterocycles. The van der Waals surface area contributed by atoms with Gasteiger partial charge in [0.1, 0.15) is 5.71 Å². The number of carbonyl (C=O) groups is 1. The number of carbonyl (C=O) groups excluding carboxylic acids is 1. The van der Waals surface area contributed by atoms with Crippen LogP contribution in [-0.2, 0) is 0 Å². The van der Waals surface area contributed by atoms with Crippen molar-refractivity contribution in [3.63, 3.8) is 0 Å². The van der Waals surface area contributed by atoms with E-state index in [1.165, 1.54) is 12.1 Å². The lowest BCUT2D eigenvalue weighted by Gasteiger charge is -2.01. The molecule has 4 nitrogen and oxygen atoms in total. The van der Waals surface area contributed by atoms with Gasteiger partial charge in [0.2, 0.25) is 0 Å². The predicted molar refractivity (Wildman–Crippen MR) is 95.9 cm³/mol. The van der Waals surface area contributed by atoms with E-state index in [-0.39, 0.29) is 5.56 Å². The molecule has 0 atom stereocenters. The van der Waals surface area contributed by atoms with E-state index in [2.05, 4.69) is 22.3 Å². The number of nitrogens with zero attached hydrogens (tertiary/aromatic N) is 2. The van der Waals surface area contributed by atoms with Gasteiger partial charge in [-0.25, -0.2) is 0 Å². The zero-order valence-corrected chi connectivity index (χ0v) is 13.2. The zero-order chi connectivity index (χ0) is 17.2. The molecule has 0 saturated heterocycles. The van der Waals surface area contributed by atoms with Crippen LogP contribution in [0.25, 0.3) is 11.1 Å². The summed E-state index contributed by atoms with van der Waals surface area (Å²) in [4.78, 5) is 10.8. The van der Waals surface area contributed by atoms with Crippen LogP contribution in [-0.4, -0.2) is 17.9 Å². The number of fused-ring (bicyclic) bond motifs is 3. The van der Waals surface area contributed by atoms with Crippen molar-refractivity contribution in [3.05, 3.63) is 95.1 Å². The summed E-state index contributed by atoms with van der Waals surface area (Å²) in [5.41, 5.74) is 6.20. The second-order valence-corrected chi connectivity index (χ2v) is 5.69. The van der Waals surface area contributed by atoms with Crippen LogP contribution in [0.5, 0.6) is 0 Å². The lowest BCUT2D eigenvalue weighted by atomic mass is 10.1. The Labute approximate surface area is 144 Å². The number of rotatable bonds is 3. The highest BCUT2D eigenvalue weighted by atomic mass is 16.4. The van der Waals surface area contributed by atoms with Crippen molar-refractivity contribution in [2.45, 2.75) is 0 Å². The molecule has 120 valence electrons. The van der Waals surface area contributed by atoms with Gasteiger partial charge in [0, 0.05) is 11.1 Å². The van der Waals surface area contributed by atoms with Crippen molar-refractivity contribution in [3.8, 4) is 11.1 Å². The van der Waals surface area contributed by atoms with Gasteiger partial charge in [-0.1, -0.05) is 72.8 Å². The molecular formula is C21H13N2O2-. The number of hydrogen-bond acceptors (Lipinski definition) is 4. The molecule has 3 aromatic rings. The van der Waals surface area contributed by atoms with Crippen LogP contribution in [0.2, 0.25) is 0 Å². The number of benzene rings is 3. The zero-order valence-electron chi connectivity index (χ0n) is 13.2. The summed E-state index contributed by atoms with van der Waals surface area (Å²) in [7, 11) is 0. The third kappa shape index (κ3) is 2.74. The van der Waals surface area contributed by atoms with Gasteiger partial charge >= 0.3 is 0 Å². The van der Waals surface area contributed by atoms with Crippen LogP contribution in [0.3, 0.4) is 0 Å². The molecule has 0 unspecified atom stereocenters. The Kier molecular flexibility index (Phi) is 3.71. The minimum Gasteiger partial charge on any atom is -0.545 e. The van der Waals surface area contributed by atoms with E-state index in [4.69, 9.17) is 0 Å². The van der Waals surface area contributed by atoms with Crippen LogP contribution in [0.4, 0.5) is 0 Å². The van der Waals surface area contributed by atoms with E-state index in [1.54, 1.807) is 18.3 Å². The van der Waals surface area contributed by atoms with Crippen molar-refractivity contribution >= 4 is 17.9 Å². The second-order valence-electron chi connectivity index (χ2n) is 5.69. The Bertz CT molecular complexity index is 971. The highest BCUT2D eigenvalue weighted by molar-refractivity contribution is 6.24. The van der Waals surface area contributed by atoms with Crippen LogP contribution >= 0.6 is 0 Å². The standard InChI is InChI=1S/C21H14N2O2/c24-21(25)15-11-9-14(10-12-15)13-22-23-20-18-7-3-1-5-16(18)17-6-2-4-8-19(17)20/h1-13H,(H,24,25)/p-1/b22-13-. The third-order valence-corrected chi connectivity index (χ3v) is 4.17. The number of aromatic carboxylic acids is 1. The van der Waals surface area contributed by atoms with Crippen molar-refractivity contribution in [2.75, 3.05) is 0 Å². The first kappa shape index (κ1) is 15.0. The molecule has 4 heteroatoms. The molecule has 0 aromatic heterocycles. The van der Waals surface area contributed by atoms with Gasteiger partial charge in [-0.15, -0.1) is 5.10 Å². The smallest absolute Gasteiger partial charge is 0.101 e. The minimum absolute atomic E-state index is 0.141. The molecule has 0 saturated carbocycles. The number of carboxylic acids is 1. The lowest BCUT2D eigenvalue weighted by molar-refractivity contribution is -0.255. The quantitative estimate of drug-likeness (QED) is 0.429. The fraction of sp³-hybridized carbons (Fsp3) is 0. The Hall–Kier alpha value is -3.53. The maximum Gasteiger partial charge on any atom is 0.101 e. The maximum atomic E-state index is 10.8. The van der Waals surface area contributed by atoms with Gasteiger partial charge in [0.25, 0.3) is 0 Å². The van der Waals surface area contributed by atoms with Gasteiger partial charge < -0.3 is 9.90 Å². The van der Waals surface area contributed by atoms with Crippen LogP contribution in [0, 0.1) is 0 Å².